The standard InChI is InChI=1S/C8H17NO6/c1-4(11)5(12)6(13)7(14)8(15)9-2-3-10/h4-6,8-13,15H,2-3H2,1H3/t4-,5+,6-,8?/m0/s1. The van der Waals surface area contributed by atoms with Gasteiger partial charge < -0.3 is 25.5 Å². The van der Waals surface area contributed by atoms with Crippen LogP contribution >= 0.6 is 0 Å². The van der Waals surface area contributed by atoms with Crippen molar-refractivity contribution in [2.24, 2.45) is 0 Å². The fourth-order valence-electron chi connectivity index (χ4n) is 0.896. The maximum atomic E-state index is 11.2. The van der Waals surface area contributed by atoms with E-state index in [4.69, 9.17) is 20.4 Å². The molecule has 0 aromatic carbocycles. The molecule has 0 fully saturated rings. The summed E-state index contributed by atoms with van der Waals surface area (Å²) in [6.45, 7) is 0.901. The molecule has 0 aliphatic heterocycles. The third kappa shape index (κ3) is 4.65. The summed E-state index contributed by atoms with van der Waals surface area (Å²) in [6.07, 6.45) is -6.48. The highest BCUT2D eigenvalue weighted by atomic mass is 16.4. The van der Waals surface area contributed by atoms with Crippen LogP contribution in [0.15, 0.2) is 0 Å². The van der Waals surface area contributed by atoms with E-state index in [0.717, 1.165) is 0 Å². The number of hydrogen-bond donors (Lipinski definition) is 6. The minimum absolute atomic E-state index is 0.0234. The van der Waals surface area contributed by atoms with E-state index in [1.807, 2.05) is 0 Å². The maximum Gasteiger partial charge on any atom is 0.207 e. The van der Waals surface area contributed by atoms with Crippen LogP contribution in [0, 0.1) is 0 Å². The van der Waals surface area contributed by atoms with E-state index in [0.29, 0.717) is 0 Å². The number of aliphatic hydroxyl groups excluding tert-OH is 5. The molecule has 15 heavy (non-hydrogen) atoms. The summed E-state index contributed by atoms with van der Waals surface area (Å²) < 4.78 is 0. The minimum Gasteiger partial charge on any atom is -0.395 e. The lowest BCUT2D eigenvalue weighted by Gasteiger charge is -2.21. The van der Waals surface area contributed by atoms with Crippen LogP contribution in [-0.4, -0.2) is 69.0 Å². The minimum atomic E-state index is -1.87. The van der Waals surface area contributed by atoms with Gasteiger partial charge in [-0.05, 0) is 6.92 Å². The van der Waals surface area contributed by atoms with Gasteiger partial charge in [-0.3, -0.25) is 10.1 Å². The molecule has 0 saturated heterocycles. The normalized spacial score (nSPS) is 19.3. The van der Waals surface area contributed by atoms with Gasteiger partial charge in [0.25, 0.3) is 0 Å². The van der Waals surface area contributed by atoms with E-state index >= 15 is 0 Å². The number of hydrogen-bond acceptors (Lipinski definition) is 7. The lowest BCUT2D eigenvalue weighted by atomic mass is 10.0. The second-order valence-corrected chi connectivity index (χ2v) is 3.16. The van der Waals surface area contributed by atoms with Gasteiger partial charge in [0, 0.05) is 6.54 Å². The first-order chi connectivity index (χ1) is 6.91. The molecule has 0 aliphatic rings. The first-order valence-electron chi connectivity index (χ1n) is 4.52. The first kappa shape index (κ1) is 14.4. The first-order valence-corrected chi connectivity index (χ1v) is 4.52. The number of aliphatic hydroxyl groups is 5. The van der Waals surface area contributed by atoms with Gasteiger partial charge in [0.1, 0.15) is 12.2 Å². The lowest BCUT2D eigenvalue weighted by Crippen LogP contribution is -2.50. The zero-order valence-electron chi connectivity index (χ0n) is 8.37. The van der Waals surface area contributed by atoms with Gasteiger partial charge in [0.05, 0.1) is 12.7 Å². The van der Waals surface area contributed by atoms with Crippen molar-refractivity contribution in [1.29, 1.82) is 0 Å². The molecule has 0 aromatic rings. The molecule has 0 bridgehead atoms. The predicted octanol–water partition coefficient (Wildman–Crippen LogP) is -3.44. The number of carbonyl (C=O) groups excluding carboxylic acids is 1. The van der Waals surface area contributed by atoms with Crippen LogP contribution in [0.2, 0.25) is 0 Å². The Labute approximate surface area is 87.0 Å². The molecular formula is C8H17NO6. The van der Waals surface area contributed by atoms with Gasteiger partial charge in [0.2, 0.25) is 5.78 Å². The molecule has 90 valence electrons. The Balaban J connectivity index is 4.18. The summed E-state index contributed by atoms with van der Waals surface area (Å²) >= 11 is 0. The smallest absolute Gasteiger partial charge is 0.207 e. The molecular weight excluding hydrogens is 206 g/mol. The fourth-order valence-corrected chi connectivity index (χ4v) is 0.896. The molecule has 4 atom stereocenters. The van der Waals surface area contributed by atoms with Crippen molar-refractivity contribution in [1.82, 2.24) is 5.32 Å². The van der Waals surface area contributed by atoms with Crippen LogP contribution in [0.3, 0.4) is 0 Å². The molecule has 7 heteroatoms. The van der Waals surface area contributed by atoms with Crippen molar-refractivity contribution in [3.8, 4) is 0 Å². The monoisotopic (exact) mass is 223 g/mol. The Morgan fingerprint density at radius 1 is 1.27 bits per heavy atom. The molecule has 7 nitrogen and oxygen atoms in total. The van der Waals surface area contributed by atoms with Crippen LogP contribution < -0.4 is 5.32 Å². The molecule has 0 aliphatic carbocycles. The highest BCUT2D eigenvalue weighted by Gasteiger charge is 2.31. The van der Waals surface area contributed by atoms with E-state index in [9.17, 15) is 9.90 Å². The summed E-state index contributed by atoms with van der Waals surface area (Å²) in [5, 5.41) is 47.0. The van der Waals surface area contributed by atoms with Crippen LogP contribution in [-0.2, 0) is 4.79 Å². The summed E-state index contributed by atoms with van der Waals surface area (Å²) in [4.78, 5) is 11.2. The highest BCUT2D eigenvalue weighted by molar-refractivity contribution is 5.87. The van der Waals surface area contributed by atoms with Gasteiger partial charge in [-0.1, -0.05) is 0 Å². The Morgan fingerprint density at radius 2 is 1.80 bits per heavy atom. The summed E-state index contributed by atoms with van der Waals surface area (Å²) in [6, 6.07) is 0. The number of nitrogens with one attached hydrogen (secondary N) is 1. The average Bonchev–Trinajstić information content (AvgIpc) is 2.22. The van der Waals surface area contributed by atoms with Crippen molar-refractivity contribution in [3.05, 3.63) is 0 Å². The third-order valence-electron chi connectivity index (χ3n) is 1.83. The van der Waals surface area contributed by atoms with E-state index in [2.05, 4.69) is 5.32 Å². The van der Waals surface area contributed by atoms with Crippen molar-refractivity contribution in [2.45, 2.75) is 31.5 Å². The maximum absolute atomic E-state index is 11.2. The lowest BCUT2D eigenvalue weighted by molar-refractivity contribution is -0.147. The molecule has 6 N–H and O–H groups in total. The van der Waals surface area contributed by atoms with Crippen LogP contribution in [0.5, 0.6) is 0 Å². The molecule has 0 radical (unpaired) electrons. The molecule has 0 aromatic heterocycles. The van der Waals surface area contributed by atoms with E-state index in [1.54, 1.807) is 0 Å². The van der Waals surface area contributed by atoms with Gasteiger partial charge in [-0.15, -0.1) is 0 Å². The van der Waals surface area contributed by atoms with E-state index in [1.165, 1.54) is 6.92 Å². The third-order valence-corrected chi connectivity index (χ3v) is 1.83. The number of carbonyl (C=O) groups is 1. The zero-order chi connectivity index (χ0) is 12.0. The Morgan fingerprint density at radius 3 is 2.20 bits per heavy atom. The zero-order valence-corrected chi connectivity index (χ0v) is 8.37. The fraction of sp³-hybridized carbons (Fsp3) is 0.875. The van der Waals surface area contributed by atoms with Gasteiger partial charge in [0.15, 0.2) is 6.23 Å². The van der Waals surface area contributed by atoms with Crippen LogP contribution in [0.1, 0.15) is 6.92 Å². The Hall–Kier alpha value is -0.570. The van der Waals surface area contributed by atoms with Crippen molar-refractivity contribution >= 4 is 5.78 Å². The van der Waals surface area contributed by atoms with Crippen molar-refractivity contribution in [3.63, 3.8) is 0 Å². The summed E-state index contributed by atoms with van der Waals surface area (Å²) in [5.41, 5.74) is 0. The largest absolute Gasteiger partial charge is 0.395 e. The molecule has 0 spiro atoms. The van der Waals surface area contributed by atoms with Gasteiger partial charge in [-0.25, -0.2) is 0 Å². The molecule has 0 heterocycles. The predicted molar refractivity (Wildman–Crippen MR) is 49.8 cm³/mol. The van der Waals surface area contributed by atoms with Crippen molar-refractivity contribution < 1.29 is 30.3 Å². The summed E-state index contributed by atoms with van der Waals surface area (Å²) in [5.74, 6) is -1.06. The Bertz CT molecular complexity index is 198. The number of rotatable bonds is 7. The van der Waals surface area contributed by atoms with Crippen LogP contribution in [0.25, 0.3) is 0 Å². The topological polar surface area (TPSA) is 130 Å². The van der Waals surface area contributed by atoms with Gasteiger partial charge in [-0.2, -0.15) is 0 Å². The van der Waals surface area contributed by atoms with E-state index in [-0.39, 0.29) is 13.2 Å². The number of Topliss-reactive ketones (excluding diaryl/α,β-unsaturated/α-hetero) is 1. The SMILES string of the molecule is C[C@H](O)[C@@H](O)[C@H](O)C(=O)C(O)NCCO. The molecule has 0 amide bonds. The highest BCUT2D eigenvalue weighted by Crippen LogP contribution is 2.02. The summed E-state index contributed by atoms with van der Waals surface area (Å²) in [7, 11) is 0. The average molecular weight is 223 g/mol. The second kappa shape index (κ2) is 6.83. The number of ketones is 1. The van der Waals surface area contributed by atoms with E-state index < -0.39 is 30.3 Å². The quantitative estimate of drug-likeness (QED) is 0.247. The molecule has 0 rings (SSSR count). The molecule has 0 saturated carbocycles. The van der Waals surface area contributed by atoms with Crippen molar-refractivity contribution in [2.75, 3.05) is 13.2 Å². The second-order valence-electron chi connectivity index (χ2n) is 3.16. The molecule has 1 unspecified atom stereocenters. The van der Waals surface area contributed by atoms with Gasteiger partial charge >= 0.3 is 0 Å². The van der Waals surface area contributed by atoms with Crippen LogP contribution in [0.4, 0.5) is 0 Å². The Kier molecular flexibility index (Phi) is 6.57.